The van der Waals surface area contributed by atoms with Gasteiger partial charge in [0.1, 0.15) is 0 Å². The van der Waals surface area contributed by atoms with Crippen LogP contribution in [0.3, 0.4) is 0 Å². The number of carbonyl (C=O) groups excluding carboxylic acids is 1. The van der Waals surface area contributed by atoms with Gasteiger partial charge in [-0.05, 0) is 24.3 Å². The molecule has 22 heavy (non-hydrogen) atoms. The number of carbonyl (C=O) groups is 1. The van der Waals surface area contributed by atoms with Crippen molar-refractivity contribution in [1.82, 2.24) is 9.78 Å². The van der Waals surface area contributed by atoms with Gasteiger partial charge in [0.05, 0.1) is 11.9 Å². The highest BCUT2D eigenvalue weighted by molar-refractivity contribution is 6.34. The molecule has 0 aliphatic carbocycles. The maximum atomic E-state index is 12.1. The SMILES string of the molecule is O=C1Nc2ccccc2C1=Cc1cnn(-c2ccccc2)c1. The Morgan fingerprint density at radius 2 is 1.77 bits per heavy atom. The Morgan fingerprint density at radius 3 is 2.64 bits per heavy atom. The van der Waals surface area contributed by atoms with Crippen molar-refractivity contribution in [3.63, 3.8) is 0 Å². The predicted molar refractivity (Wildman–Crippen MR) is 86.5 cm³/mol. The van der Waals surface area contributed by atoms with Crippen molar-refractivity contribution in [2.24, 2.45) is 0 Å². The number of rotatable bonds is 2. The van der Waals surface area contributed by atoms with E-state index >= 15 is 0 Å². The van der Waals surface area contributed by atoms with Crippen LogP contribution in [-0.2, 0) is 4.79 Å². The van der Waals surface area contributed by atoms with Crippen molar-refractivity contribution < 1.29 is 4.79 Å². The van der Waals surface area contributed by atoms with Gasteiger partial charge < -0.3 is 5.32 Å². The molecular weight excluding hydrogens is 274 g/mol. The minimum Gasteiger partial charge on any atom is -0.321 e. The summed E-state index contributed by atoms with van der Waals surface area (Å²) in [7, 11) is 0. The van der Waals surface area contributed by atoms with Crippen LogP contribution in [0.15, 0.2) is 67.0 Å². The number of amides is 1. The highest BCUT2D eigenvalue weighted by Crippen LogP contribution is 2.32. The molecule has 0 unspecified atom stereocenters. The number of fused-ring (bicyclic) bond motifs is 1. The molecule has 4 heteroatoms. The number of anilines is 1. The van der Waals surface area contributed by atoms with Gasteiger partial charge in [-0.2, -0.15) is 5.10 Å². The molecule has 0 saturated carbocycles. The van der Waals surface area contributed by atoms with Crippen LogP contribution in [0.2, 0.25) is 0 Å². The lowest BCUT2D eigenvalue weighted by atomic mass is 10.1. The minimum absolute atomic E-state index is 0.0753. The van der Waals surface area contributed by atoms with E-state index in [-0.39, 0.29) is 5.91 Å². The first kappa shape index (κ1) is 12.6. The number of para-hydroxylation sites is 2. The van der Waals surface area contributed by atoms with E-state index in [0.717, 1.165) is 22.5 Å². The summed E-state index contributed by atoms with van der Waals surface area (Å²) in [5.41, 5.74) is 4.34. The molecule has 1 N–H and O–H groups in total. The molecule has 0 radical (unpaired) electrons. The summed E-state index contributed by atoms with van der Waals surface area (Å²) >= 11 is 0. The van der Waals surface area contributed by atoms with Gasteiger partial charge in [-0.1, -0.05) is 36.4 Å². The molecule has 4 nitrogen and oxygen atoms in total. The fourth-order valence-corrected chi connectivity index (χ4v) is 2.58. The minimum atomic E-state index is -0.0753. The Kier molecular flexibility index (Phi) is 2.86. The van der Waals surface area contributed by atoms with E-state index in [1.807, 2.05) is 66.9 Å². The highest BCUT2D eigenvalue weighted by atomic mass is 16.2. The van der Waals surface area contributed by atoms with Crippen molar-refractivity contribution in [3.05, 3.63) is 78.1 Å². The third kappa shape index (κ3) is 2.11. The molecule has 1 aliphatic rings. The number of aromatic nitrogens is 2. The van der Waals surface area contributed by atoms with E-state index < -0.39 is 0 Å². The van der Waals surface area contributed by atoms with E-state index in [1.54, 1.807) is 10.9 Å². The molecule has 0 spiro atoms. The zero-order valence-corrected chi connectivity index (χ0v) is 11.7. The molecule has 2 heterocycles. The van der Waals surface area contributed by atoms with Gasteiger partial charge in [-0.3, -0.25) is 4.79 Å². The van der Waals surface area contributed by atoms with Crippen molar-refractivity contribution in [3.8, 4) is 5.69 Å². The van der Waals surface area contributed by atoms with Crippen LogP contribution >= 0.6 is 0 Å². The maximum absolute atomic E-state index is 12.1. The van der Waals surface area contributed by atoms with Crippen LogP contribution in [0, 0.1) is 0 Å². The molecule has 0 saturated heterocycles. The Labute approximate surface area is 127 Å². The standard InChI is InChI=1S/C18H13N3O/c22-18-16(15-8-4-5-9-17(15)20-18)10-13-11-19-21(12-13)14-6-2-1-3-7-14/h1-12H,(H,20,22). The second-order valence-corrected chi connectivity index (χ2v) is 5.11. The smallest absolute Gasteiger partial charge is 0.256 e. The maximum Gasteiger partial charge on any atom is 0.256 e. The topological polar surface area (TPSA) is 46.9 Å². The van der Waals surface area contributed by atoms with Crippen LogP contribution in [0.4, 0.5) is 5.69 Å². The second-order valence-electron chi connectivity index (χ2n) is 5.11. The highest BCUT2D eigenvalue weighted by Gasteiger charge is 2.23. The Hall–Kier alpha value is -3.14. The lowest BCUT2D eigenvalue weighted by molar-refractivity contribution is -0.110. The average Bonchev–Trinajstić information content (AvgIpc) is 3.14. The lowest BCUT2D eigenvalue weighted by Crippen LogP contribution is -2.03. The van der Waals surface area contributed by atoms with E-state index in [4.69, 9.17) is 0 Å². The summed E-state index contributed by atoms with van der Waals surface area (Å²) in [5, 5.41) is 7.22. The summed E-state index contributed by atoms with van der Waals surface area (Å²) in [4.78, 5) is 12.1. The second kappa shape index (κ2) is 5.00. The largest absolute Gasteiger partial charge is 0.321 e. The first-order valence-corrected chi connectivity index (χ1v) is 7.04. The van der Waals surface area contributed by atoms with E-state index in [2.05, 4.69) is 10.4 Å². The zero-order valence-electron chi connectivity index (χ0n) is 11.7. The molecular formula is C18H13N3O. The van der Waals surface area contributed by atoms with Crippen LogP contribution in [-0.4, -0.2) is 15.7 Å². The van der Waals surface area contributed by atoms with Crippen LogP contribution < -0.4 is 5.32 Å². The van der Waals surface area contributed by atoms with Crippen molar-refractivity contribution >= 4 is 23.2 Å². The summed E-state index contributed by atoms with van der Waals surface area (Å²) in [5.74, 6) is -0.0753. The van der Waals surface area contributed by atoms with Crippen LogP contribution in [0.5, 0.6) is 0 Å². The number of nitrogens with one attached hydrogen (secondary N) is 1. The molecule has 1 aliphatic heterocycles. The third-order valence-electron chi connectivity index (χ3n) is 3.64. The molecule has 3 aromatic rings. The van der Waals surface area contributed by atoms with Crippen molar-refractivity contribution in [2.45, 2.75) is 0 Å². The first-order chi connectivity index (χ1) is 10.8. The Balaban J connectivity index is 1.72. The molecule has 1 aromatic heterocycles. The summed E-state index contributed by atoms with van der Waals surface area (Å²) in [6, 6.07) is 17.6. The number of nitrogens with zero attached hydrogens (tertiary/aromatic N) is 2. The van der Waals surface area contributed by atoms with Gasteiger partial charge in [-0.15, -0.1) is 0 Å². The predicted octanol–water partition coefficient (Wildman–Crippen LogP) is 3.37. The summed E-state index contributed by atoms with van der Waals surface area (Å²) < 4.78 is 1.80. The number of hydrogen-bond donors (Lipinski definition) is 1. The molecule has 1 amide bonds. The fraction of sp³-hybridized carbons (Fsp3) is 0. The fourth-order valence-electron chi connectivity index (χ4n) is 2.58. The van der Waals surface area contributed by atoms with Gasteiger partial charge in [0.15, 0.2) is 0 Å². The molecule has 2 aromatic carbocycles. The van der Waals surface area contributed by atoms with Gasteiger partial charge in [0, 0.05) is 28.6 Å². The number of benzene rings is 2. The zero-order chi connectivity index (χ0) is 14.9. The van der Waals surface area contributed by atoms with E-state index in [0.29, 0.717) is 5.57 Å². The molecule has 0 bridgehead atoms. The van der Waals surface area contributed by atoms with Crippen LogP contribution in [0.25, 0.3) is 17.3 Å². The molecule has 0 fully saturated rings. The van der Waals surface area contributed by atoms with E-state index in [9.17, 15) is 4.79 Å². The lowest BCUT2D eigenvalue weighted by Gasteiger charge is -1.98. The normalized spacial score (nSPS) is 14.9. The Morgan fingerprint density at radius 1 is 1.00 bits per heavy atom. The van der Waals surface area contributed by atoms with Gasteiger partial charge in [-0.25, -0.2) is 4.68 Å². The monoisotopic (exact) mass is 287 g/mol. The average molecular weight is 287 g/mol. The van der Waals surface area contributed by atoms with Crippen molar-refractivity contribution in [1.29, 1.82) is 0 Å². The summed E-state index contributed by atoms with van der Waals surface area (Å²) in [6.45, 7) is 0. The number of hydrogen-bond acceptors (Lipinski definition) is 2. The molecule has 4 rings (SSSR count). The molecule has 106 valence electrons. The van der Waals surface area contributed by atoms with Gasteiger partial charge in [0.25, 0.3) is 5.91 Å². The quantitative estimate of drug-likeness (QED) is 0.735. The van der Waals surface area contributed by atoms with Crippen LogP contribution in [0.1, 0.15) is 11.1 Å². The Bertz CT molecular complexity index is 878. The first-order valence-electron chi connectivity index (χ1n) is 7.04. The molecule has 0 atom stereocenters. The van der Waals surface area contributed by atoms with Gasteiger partial charge >= 0.3 is 0 Å². The van der Waals surface area contributed by atoms with Gasteiger partial charge in [0.2, 0.25) is 0 Å². The third-order valence-corrected chi connectivity index (χ3v) is 3.64. The van der Waals surface area contributed by atoms with E-state index in [1.165, 1.54) is 0 Å². The van der Waals surface area contributed by atoms with Crippen molar-refractivity contribution in [2.75, 3.05) is 5.32 Å². The summed E-state index contributed by atoms with van der Waals surface area (Å²) in [6.07, 6.45) is 5.54.